The average Bonchev–Trinajstić information content (AvgIpc) is 2.21. The second-order valence-corrected chi connectivity index (χ2v) is 3.37. The summed E-state index contributed by atoms with van der Waals surface area (Å²) in [6.45, 7) is 1.07. The smallest absolute Gasteiger partial charge is 0.335 e. The number of hydrogen-bond acceptors (Lipinski definition) is 3. The Hall–Kier alpha value is -1.39. The number of carboxylic acids is 1. The van der Waals surface area contributed by atoms with Crippen molar-refractivity contribution in [1.82, 2.24) is 0 Å². The van der Waals surface area contributed by atoms with E-state index < -0.39 is 5.97 Å². The maximum absolute atomic E-state index is 10.8. The van der Waals surface area contributed by atoms with Crippen molar-refractivity contribution in [3.63, 3.8) is 0 Å². The van der Waals surface area contributed by atoms with E-state index in [2.05, 4.69) is 0 Å². The van der Waals surface area contributed by atoms with E-state index in [0.29, 0.717) is 25.1 Å². The first-order valence-electron chi connectivity index (χ1n) is 4.94. The Balaban J connectivity index is 3.02. The molecule has 1 aromatic carbocycles. The molecule has 0 heterocycles. The molecule has 0 aliphatic heterocycles. The molecule has 1 aromatic rings. The highest BCUT2D eigenvalue weighted by Crippen LogP contribution is 2.13. The summed E-state index contributed by atoms with van der Waals surface area (Å²) in [6.07, 6.45) is 1.45. The lowest BCUT2D eigenvalue weighted by molar-refractivity contribution is 0.0696. The molecule has 0 radical (unpaired) electrons. The van der Waals surface area contributed by atoms with E-state index >= 15 is 0 Å². The van der Waals surface area contributed by atoms with Gasteiger partial charge in [-0.05, 0) is 49.2 Å². The fourth-order valence-corrected chi connectivity index (χ4v) is 1.55. The van der Waals surface area contributed by atoms with Gasteiger partial charge in [-0.2, -0.15) is 0 Å². The van der Waals surface area contributed by atoms with Crippen LogP contribution in [0.15, 0.2) is 18.2 Å². The summed E-state index contributed by atoms with van der Waals surface area (Å²) >= 11 is 0. The number of aromatic carboxylic acids is 1. The average molecular weight is 208 g/mol. The van der Waals surface area contributed by atoms with Crippen LogP contribution in [0.1, 0.15) is 21.5 Å². The summed E-state index contributed by atoms with van der Waals surface area (Å²) in [5.74, 6) is -0.910. The predicted molar refractivity (Wildman–Crippen MR) is 58.9 cm³/mol. The van der Waals surface area contributed by atoms with Crippen LogP contribution in [0.4, 0.5) is 0 Å². The molecule has 0 spiro atoms. The topological polar surface area (TPSA) is 89.3 Å². The van der Waals surface area contributed by atoms with Crippen molar-refractivity contribution in [2.45, 2.75) is 12.8 Å². The minimum absolute atomic E-state index is 0.305. The molecule has 0 aliphatic carbocycles. The zero-order chi connectivity index (χ0) is 11.3. The third-order valence-electron chi connectivity index (χ3n) is 2.28. The van der Waals surface area contributed by atoms with Gasteiger partial charge in [0.15, 0.2) is 0 Å². The molecule has 4 heteroatoms. The van der Waals surface area contributed by atoms with Crippen LogP contribution >= 0.6 is 0 Å². The molecule has 1 rings (SSSR count). The molecular weight excluding hydrogens is 192 g/mol. The molecule has 0 bridgehead atoms. The molecule has 0 aromatic heterocycles. The van der Waals surface area contributed by atoms with Gasteiger partial charge in [0.2, 0.25) is 0 Å². The Labute approximate surface area is 88.9 Å². The van der Waals surface area contributed by atoms with Crippen molar-refractivity contribution >= 4 is 5.97 Å². The fraction of sp³-hybridized carbons (Fsp3) is 0.364. The molecule has 0 saturated carbocycles. The van der Waals surface area contributed by atoms with Crippen molar-refractivity contribution in [3.05, 3.63) is 34.9 Å². The first kappa shape index (κ1) is 11.7. The fourth-order valence-electron chi connectivity index (χ4n) is 1.55. The van der Waals surface area contributed by atoms with Crippen molar-refractivity contribution in [2.24, 2.45) is 11.5 Å². The molecule has 4 nitrogen and oxygen atoms in total. The second kappa shape index (κ2) is 5.48. The van der Waals surface area contributed by atoms with Gasteiger partial charge in [0.1, 0.15) is 0 Å². The third kappa shape index (κ3) is 3.04. The summed E-state index contributed by atoms with van der Waals surface area (Å²) in [5, 5.41) is 8.84. The minimum Gasteiger partial charge on any atom is -0.478 e. The van der Waals surface area contributed by atoms with E-state index in [-0.39, 0.29) is 0 Å². The Bertz CT molecular complexity index is 350. The lowest BCUT2D eigenvalue weighted by atomic mass is 9.99. The monoisotopic (exact) mass is 208 g/mol. The predicted octanol–water partition coefficient (Wildman–Crippen LogP) is 0.387. The first-order valence-corrected chi connectivity index (χ1v) is 4.94. The summed E-state index contributed by atoms with van der Waals surface area (Å²) in [5.41, 5.74) is 13.3. The minimum atomic E-state index is -0.910. The summed E-state index contributed by atoms with van der Waals surface area (Å²) < 4.78 is 0. The Morgan fingerprint density at radius 1 is 1.13 bits per heavy atom. The van der Waals surface area contributed by atoms with Gasteiger partial charge in [0.05, 0.1) is 5.56 Å². The number of rotatable bonds is 5. The van der Waals surface area contributed by atoms with E-state index in [4.69, 9.17) is 16.6 Å². The molecular formula is C11H16N2O2. The van der Waals surface area contributed by atoms with Gasteiger partial charge in [0, 0.05) is 0 Å². The quantitative estimate of drug-likeness (QED) is 0.653. The third-order valence-corrected chi connectivity index (χ3v) is 2.28. The molecule has 82 valence electrons. The van der Waals surface area contributed by atoms with Crippen LogP contribution in [-0.4, -0.2) is 24.2 Å². The molecule has 0 unspecified atom stereocenters. The SMILES string of the molecule is NCCc1ccc(C(=O)O)cc1CCN. The van der Waals surface area contributed by atoms with Gasteiger partial charge in [-0.25, -0.2) is 4.79 Å². The molecule has 0 aliphatic rings. The van der Waals surface area contributed by atoms with E-state index in [0.717, 1.165) is 17.5 Å². The van der Waals surface area contributed by atoms with E-state index in [1.165, 1.54) is 0 Å². The number of nitrogens with two attached hydrogens (primary N) is 2. The van der Waals surface area contributed by atoms with Gasteiger partial charge in [-0.15, -0.1) is 0 Å². The van der Waals surface area contributed by atoms with Crippen molar-refractivity contribution < 1.29 is 9.90 Å². The van der Waals surface area contributed by atoms with Crippen molar-refractivity contribution in [1.29, 1.82) is 0 Å². The van der Waals surface area contributed by atoms with Crippen molar-refractivity contribution in [2.75, 3.05) is 13.1 Å². The lowest BCUT2D eigenvalue weighted by Crippen LogP contribution is -2.10. The zero-order valence-electron chi connectivity index (χ0n) is 8.57. The highest BCUT2D eigenvalue weighted by Gasteiger charge is 2.07. The molecule has 15 heavy (non-hydrogen) atoms. The van der Waals surface area contributed by atoms with Crippen LogP contribution in [0.25, 0.3) is 0 Å². The Morgan fingerprint density at radius 2 is 1.73 bits per heavy atom. The van der Waals surface area contributed by atoms with Gasteiger partial charge in [-0.1, -0.05) is 6.07 Å². The van der Waals surface area contributed by atoms with Gasteiger partial charge in [0.25, 0.3) is 0 Å². The maximum atomic E-state index is 10.8. The van der Waals surface area contributed by atoms with Crippen LogP contribution < -0.4 is 11.5 Å². The first-order chi connectivity index (χ1) is 7.19. The zero-order valence-corrected chi connectivity index (χ0v) is 8.57. The van der Waals surface area contributed by atoms with Gasteiger partial charge < -0.3 is 16.6 Å². The van der Waals surface area contributed by atoms with Crippen LogP contribution in [0.5, 0.6) is 0 Å². The van der Waals surface area contributed by atoms with E-state index in [9.17, 15) is 4.79 Å². The summed E-state index contributed by atoms with van der Waals surface area (Å²) in [4.78, 5) is 10.8. The standard InChI is InChI=1S/C11H16N2O2/c12-5-3-8-1-2-10(11(14)15)7-9(8)4-6-13/h1-2,7H,3-6,12-13H2,(H,14,15). The number of hydrogen-bond donors (Lipinski definition) is 3. The molecule has 0 saturated heterocycles. The second-order valence-electron chi connectivity index (χ2n) is 3.37. The molecule has 0 atom stereocenters. The van der Waals surface area contributed by atoms with E-state index in [1.807, 2.05) is 6.07 Å². The summed E-state index contributed by atoms with van der Waals surface area (Å²) in [6, 6.07) is 5.11. The highest BCUT2D eigenvalue weighted by molar-refractivity contribution is 5.87. The van der Waals surface area contributed by atoms with E-state index in [1.54, 1.807) is 12.1 Å². The molecule has 5 N–H and O–H groups in total. The Morgan fingerprint density at radius 3 is 2.27 bits per heavy atom. The normalized spacial score (nSPS) is 10.3. The van der Waals surface area contributed by atoms with Crippen LogP contribution in [0, 0.1) is 0 Å². The maximum Gasteiger partial charge on any atom is 0.335 e. The molecule has 0 fully saturated rings. The highest BCUT2D eigenvalue weighted by atomic mass is 16.4. The van der Waals surface area contributed by atoms with Gasteiger partial charge >= 0.3 is 5.97 Å². The van der Waals surface area contributed by atoms with Crippen molar-refractivity contribution in [3.8, 4) is 0 Å². The number of carboxylic acid groups (broad SMARTS) is 1. The number of carbonyl (C=O) groups is 1. The largest absolute Gasteiger partial charge is 0.478 e. The Kier molecular flexibility index (Phi) is 4.27. The van der Waals surface area contributed by atoms with Crippen LogP contribution in [0.2, 0.25) is 0 Å². The van der Waals surface area contributed by atoms with Crippen LogP contribution in [-0.2, 0) is 12.8 Å². The number of benzene rings is 1. The lowest BCUT2D eigenvalue weighted by Gasteiger charge is -2.08. The van der Waals surface area contributed by atoms with Crippen LogP contribution in [0.3, 0.4) is 0 Å². The molecule has 0 amide bonds. The van der Waals surface area contributed by atoms with Gasteiger partial charge in [-0.3, -0.25) is 0 Å². The summed E-state index contributed by atoms with van der Waals surface area (Å²) in [7, 11) is 0.